The average Bonchev–Trinajstić information content (AvgIpc) is 3.41. The molecule has 5 aromatic rings. The van der Waals surface area contributed by atoms with Crippen LogP contribution in [-0.4, -0.2) is 20.2 Å². The monoisotopic (exact) mass is 464 g/mol. The number of hydrogen-bond acceptors (Lipinski definition) is 7. The number of rotatable bonds is 5. The molecule has 5 rings (SSSR count). The fraction of sp³-hybridized carbons (Fsp3) is 0.0476. The van der Waals surface area contributed by atoms with Crippen molar-refractivity contribution in [3.8, 4) is 28.5 Å². The van der Waals surface area contributed by atoms with Crippen LogP contribution in [0.25, 0.3) is 32.8 Å². The Bertz CT molecular complexity index is 1290. The van der Waals surface area contributed by atoms with E-state index in [1.165, 1.54) is 6.33 Å². The van der Waals surface area contributed by atoms with Gasteiger partial charge in [-0.25, -0.2) is 9.97 Å². The standard InChI is InChI=1S/C21H13BrN4O2S/c22-16-9-5-4-8-14(16)19-26-25-17(28-19)10-27-20-18-15(13-6-2-1-3-7-13)11-29-21(18)24-12-23-20/h1-9,11-12H,10H2. The third kappa shape index (κ3) is 3.52. The van der Waals surface area contributed by atoms with E-state index in [0.717, 1.165) is 31.4 Å². The molecule has 0 fully saturated rings. The van der Waals surface area contributed by atoms with Crippen molar-refractivity contribution in [2.24, 2.45) is 0 Å². The van der Waals surface area contributed by atoms with Crippen molar-refractivity contribution in [3.05, 3.63) is 76.7 Å². The minimum absolute atomic E-state index is 0.119. The summed E-state index contributed by atoms with van der Waals surface area (Å²) in [7, 11) is 0. The zero-order chi connectivity index (χ0) is 19.6. The van der Waals surface area contributed by atoms with E-state index in [2.05, 4.69) is 53.6 Å². The Morgan fingerprint density at radius 2 is 1.76 bits per heavy atom. The first kappa shape index (κ1) is 18.0. The van der Waals surface area contributed by atoms with Gasteiger partial charge in [0.1, 0.15) is 11.2 Å². The van der Waals surface area contributed by atoms with Crippen LogP contribution in [0.2, 0.25) is 0 Å². The lowest BCUT2D eigenvalue weighted by molar-refractivity contribution is 0.258. The van der Waals surface area contributed by atoms with Gasteiger partial charge in [0, 0.05) is 15.4 Å². The van der Waals surface area contributed by atoms with Crippen LogP contribution in [0.5, 0.6) is 5.88 Å². The van der Waals surface area contributed by atoms with E-state index in [9.17, 15) is 0 Å². The van der Waals surface area contributed by atoms with Gasteiger partial charge in [0.25, 0.3) is 5.89 Å². The number of thiophene rings is 1. The summed E-state index contributed by atoms with van der Waals surface area (Å²) >= 11 is 5.06. The fourth-order valence-electron chi connectivity index (χ4n) is 2.97. The van der Waals surface area contributed by atoms with E-state index in [4.69, 9.17) is 9.15 Å². The molecule has 2 aromatic carbocycles. The molecule has 0 bridgehead atoms. The van der Waals surface area contributed by atoms with Crippen LogP contribution in [0.3, 0.4) is 0 Å². The van der Waals surface area contributed by atoms with E-state index < -0.39 is 0 Å². The Balaban J connectivity index is 1.43. The number of benzene rings is 2. The summed E-state index contributed by atoms with van der Waals surface area (Å²) < 4.78 is 12.6. The van der Waals surface area contributed by atoms with Gasteiger partial charge < -0.3 is 9.15 Å². The molecule has 0 N–H and O–H groups in total. The molecule has 0 aliphatic heterocycles. The Kier molecular flexibility index (Phi) is 4.79. The number of fused-ring (bicyclic) bond motifs is 1. The van der Waals surface area contributed by atoms with Crippen LogP contribution in [0.1, 0.15) is 5.89 Å². The molecular formula is C21H13BrN4O2S. The van der Waals surface area contributed by atoms with Gasteiger partial charge in [0.2, 0.25) is 11.8 Å². The van der Waals surface area contributed by atoms with Crippen molar-refractivity contribution in [3.63, 3.8) is 0 Å². The van der Waals surface area contributed by atoms with Gasteiger partial charge in [0.05, 0.1) is 10.9 Å². The lowest BCUT2D eigenvalue weighted by Gasteiger charge is -2.06. The first-order valence-electron chi connectivity index (χ1n) is 8.77. The summed E-state index contributed by atoms with van der Waals surface area (Å²) in [5.41, 5.74) is 2.97. The number of halogens is 1. The molecule has 0 saturated carbocycles. The molecule has 3 heterocycles. The zero-order valence-corrected chi connectivity index (χ0v) is 17.4. The lowest BCUT2D eigenvalue weighted by atomic mass is 10.1. The maximum Gasteiger partial charge on any atom is 0.254 e. The molecule has 0 unspecified atom stereocenters. The Morgan fingerprint density at radius 1 is 0.931 bits per heavy atom. The van der Waals surface area contributed by atoms with Gasteiger partial charge in [-0.05, 0) is 33.6 Å². The molecule has 0 aliphatic carbocycles. The third-order valence-corrected chi connectivity index (χ3v) is 5.90. The number of hydrogen-bond donors (Lipinski definition) is 0. The smallest absolute Gasteiger partial charge is 0.254 e. The Hall–Kier alpha value is -3.10. The van der Waals surface area contributed by atoms with Crippen molar-refractivity contribution in [2.45, 2.75) is 6.61 Å². The number of nitrogens with zero attached hydrogens (tertiary/aromatic N) is 4. The topological polar surface area (TPSA) is 73.9 Å². The molecule has 0 saturated heterocycles. The van der Waals surface area contributed by atoms with Crippen LogP contribution >= 0.6 is 27.3 Å². The summed E-state index contributed by atoms with van der Waals surface area (Å²) in [6.45, 7) is 0.119. The van der Waals surface area contributed by atoms with Crippen LogP contribution in [0.15, 0.2) is 75.2 Å². The van der Waals surface area contributed by atoms with Crippen LogP contribution < -0.4 is 4.74 Å². The summed E-state index contributed by atoms with van der Waals surface area (Å²) in [4.78, 5) is 9.57. The van der Waals surface area contributed by atoms with E-state index in [1.54, 1.807) is 11.3 Å². The summed E-state index contributed by atoms with van der Waals surface area (Å²) in [6.07, 6.45) is 1.50. The molecular weight excluding hydrogens is 452 g/mol. The molecule has 0 atom stereocenters. The van der Waals surface area contributed by atoms with Crippen molar-refractivity contribution >= 4 is 37.5 Å². The second-order valence-corrected chi connectivity index (χ2v) is 7.86. The first-order valence-corrected chi connectivity index (χ1v) is 10.4. The summed E-state index contributed by atoms with van der Waals surface area (Å²) in [5.74, 6) is 1.30. The molecule has 0 aliphatic rings. The first-order chi connectivity index (χ1) is 14.3. The predicted molar refractivity (Wildman–Crippen MR) is 115 cm³/mol. The van der Waals surface area contributed by atoms with E-state index in [-0.39, 0.29) is 6.61 Å². The van der Waals surface area contributed by atoms with E-state index >= 15 is 0 Å². The van der Waals surface area contributed by atoms with Gasteiger partial charge in [-0.3, -0.25) is 0 Å². The zero-order valence-electron chi connectivity index (χ0n) is 14.9. The highest BCUT2D eigenvalue weighted by molar-refractivity contribution is 9.10. The Morgan fingerprint density at radius 3 is 2.62 bits per heavy atom. The maximum absolute atomic E-state index is 5.95. The molecule has 0 spiro atoms. The normalized spacial score (nSPS) is 11.1. The lowest BCUT2D eigenvalue weighted by Crippen LogP contribution is -1.98. The minimum atomic E-state index is 0.119. The number of aromatic nitrogens is 4. The van der Waals surface area contributed by atoms with Gasteiger partial charge in [0.15, 0.2) is 6.61 Å². The fourth-order valence-corrected chi connectivity index (χ4v) is 4.33. The summed E-state index contributed by atoms with van der Waals surface area (Å²) in [5, 5.41) is 11.2. The van der Waals surface area contributed by atoms with Crippen molar-refractivity contribution in [2.75, 3.05) is 0 Å². The highest BCUT2D eigenvalue weighted by Gasteiger charge is 2.16. The van der Waals surface area contributed by atoms with Crippen LogP contribution in [0.4, 0.5) is 0 Å². The van der Waals surface area contributed by atoms with Gasteiger partial charge in [-0.1, -0.05) is 42.5 Å². The average molecular weight is 465 g/mol. The second-order valence-electron chi connectivity index (χ2n) is 6.14. The van der Waals surface area contributed by atoms with Crippen molar-refractivity contribution < 1.29 is 9.15 Å². The molecule has 0 amide bonds. The molecule has 6 nitrogen and oxygen atoms in total. The van der Waals surface area contributed by atoms with Gasteiger partial charge in [-0.2, -0.15) is 0 Å². The van der Waals surface area contributed by atoms with Crippen molar-refractivity contribution in [1.82, 2.24) is 20.2 Å². The van der Waals surface area contributed by atoms with Crippen LogP contribution in [-0.2, 0) is 6.61 Å². The molecule has 3 aromatic heterocycles. The second kappa shape index (κ2) is 7.73. The van der Waals surface area contributed by atoms with Gasteiger partial charge in [-0.15, -0.1) is 21.5 Å². The minimum Gasteiger partial charge on any atom is -0.467 e. The molecule has 8 heteroatoms. The SMILES string of the molecule is Brc1ccccc1-c1nnc(COc2ncnc3scc(-c4ccccc4)c23)o1. The molecule has 142 valence electrons. The summed E-state index contributed by atoms with van der Waals surface area (Å²) in [6, 6.07) is 17.8. The predicted octanol–water partition coefficient (Wildman–Crippen LogP) is 5.75. The van der Waals surface area contributed by atoms with Crippen LogP contribution in [0, 0.1) is 0 Å². The highest BCUT2D eigenvalue weighted by atomic mass is 79.9. The maximum atomic E-state index is 5.95. The van der Waals surface area contributed by atoms with Gasteiger partial charge >= 0.3 is 0 Å². The number of ether oxygens (including phenoxy) is 1. The quantitative estimate of drug-likeness (QED) is 0.329. The van der Waals surface area contributed by atoms with E-state index in [0.29, 0.717) is 17.7 Å². The van der Waals surface area contributed by atoms with E-state index in [1.807, 2.05) is 42.5 Å². The largest absolute Gasteiger partial charge is 0.467 e. The third-order valence-electron chi connectivity index (χ3n) is 4.32. The highest BCUT2D eigenvalue weighted by Crippen LogP contribution is 2.37. The van der Waals surface area contributed by atoms with Crippen molar-refractivity contribution in [1.29, 1.82) is 0 Å². The molecule has 29 heavy (non-hydrogen) atoms. The molecule has 0 radical (unpaired) electrons. The Labute approximate surface area is 178 Å².